The minimum Gasteiger partial charge on any atom is -0.362 e. The molecule has 2 heterocycles. The van der Waals surface area contributed by atoms with E-state index in [0.717, 1.165) is 17.0 Å². The smallest absolute Gasteiger partial charge is 0.362 e. The maximum absolute atomic E-state index is 13.7. The minimum absolute atomic E-state index is 0.0124. The maximum atomic E-state index is 13.7. The number of carbonyl (C=O) groups is 2. The lowest BCUT2D eigenvalue weighted by Gasteiger charge is -2.23. The fourth-order valence-corrected chi connectivity index (χ4v) is 3.42. The zero-order valence-corrected chi connectivity index (χ0v) is 21.0. The number of hydrogen-bond acceptors (Lipinski definition) is 5. The summed E-state index contributed by atoms with van der Waals surface area (Å²) in [6, 6.07) is 6.55. The molecule has 8 nitrogen and oxygen atoms in total. The van der Waals surface area contributed by atoms with Crippen molar-refractivity contribution < 1.29 is 22.8 Å². The molecule has 0 fully saturated rings. The van der Waals surface area contributed by atoms with Crippen LogP contribution in [0.4, 0.5) is 24.7 Å². The number of benzene rings is 1. The van der Waals surface area contributed by atoms with Gasteiger partial charge in [-0.2, -0.15) is 18.3 Å². The number of alkyl halides is 3. The summed E-state index contributed by atoms with van der Waals surface area (Å²) in [5, 5.41) is 12.8. The van der Waals surface area contributed by atoms with E-state index in [9.17, 15) is 18.0 Å². The van der Waals surface area contributed by atoms with Gasteiger partial charge >= 0.3 is 6.18 Å². The van der Waals surface area contributed by atoms with Crippen LogP contribution in [0, 0.1) is 6.92 Å². The first-order valence-corrected chi connectivity index (χ1v) is 11.0. The molecule has 192 valence electrons. The van der Waals surface area contributed by atoms with Crippen LogP contribution in [0.15, 0.2) is 59.6 Å². The summed E-state index contributed by atoms with van der Waals surface area (Å²) in [5.41, 5.74) is 0.659. The summed E-state index contributed by atoms with van der Waals surface area (Å²) >= 11 is 6.19. The van der Waals surface area contributed by atoms with E-state index < -0.39 is 17.7 Å². The minimum atomic E-state index is -4.65. The Labute approximate surface area is 211 Å². The lowest BCUT2D eigenvalue weighted by molar-refractivity contribution is -0.113. The molecule has 2 amide bonds. The van der Waals surface area contributed by atoms with E-state index >= 15 is 0 Å². The van der Waals surface area contributed by atoms with Crippen LogP contribution in [-0.2, 0) is 9.59 Å². The fourth-order valence-electron chi connectivity index (χ4n) is 3.18. The number of fused-ring (bicyclic) bond motifs is 1. The van der Waals surface area contributed by atoms with E-state index in [1.165, 1.54) is 38.1 Å². The number of rotatable bonds is 6. The molecule has 12 heteroatoms. The molecule has 0 atom stereocenters. The number of anilines is 2. The predicted octanol–water partition coefficient (Wildman–Crippen LogP) is 5.14. The quantitative estimate of drug-likeness (QED) is 0.236. The van der Waals surface area contributed by atoms with E-state index in [0.29, 0.717) is 17.7 Å². The number of nitrogens with one attached hydrogen (secondary N) is 3. The Morgan fingerprint density at radius 1 is 1.22 bits per heavy atom. The molecule has 0 spiro atoms. The van der Waals surface area contributed by atoms with Crippen LogP contribution < -0.4 is 15.5 Å². The number of pyridine rings is 1. The van der Waals surface area contributed by atoms with Crippen LogP contribution >= 0.6 is 11.6 Å². The Kier molecular flexibility index (Phi) is 9.62. The molecule has 0 saturated heterocycles. The van der Waals surface area contributed by atoms with Crippen molar-refractivity contribution in [1.29, 1.82) is 0 Å². The number of nitrogens with zero attached hydrogens (tertiary/aromatic N) is 3. The zero-order valence-electron chi connectivity index (χ0n) is 20.3. The van der Waals surface area contributed by atoms with Gasteiger partial charge in [0.2, 0.25) is 6.41 Å². The third kappa shape index (κ3) is 6.85. The van der Waals surface area contributed by atoms with E-state index in [1.807, 2.05) is 0 Å². The van der Waals surface area contributed by atoms with Crippen LogP contribution in [0.5, 0.6) is 0 Å². The Morgan fingerprint density at radius 3 is 2.44 bits per heavy atom. The fraction of sp³-hybridized carbons (Fsp3) is 0.250. The Balaban J connectivity index is 0.00000106. The first kappa shape index (κ1) is 28.4. The molecule has 0 aliphatic heterocycles. The number of aromatic amines is 1. The largest absolute Gasteiger partial charge is 0.416 e. The van der Waals surface area contributed by atoms with Gasteiger partial charge in [0.05, 0.1) is 22.3 Å². The molecule has 3 aromatic rings. The molecule has 3 rings (SSSR count). The van der Waals surface area contributed by atoms with Crippen LogP contribution in [0.25, 0.3) is 10.9 Å². The highest BCUT2D eigenvalue weighted by molar-refractivity contribution is 6.33. The number of aryl methyl sites for hydroxylation is 1. The van der Waals surface area contributed by atoms with Gasteiger partial charge in [-0.1, -0.05) is 17.2 Å². The lowest BCUT2D eigenvalue weighted by Crippen LogP contribution is -2.30. The van der Waals surface area contributed by atoms with Gasteiger partial charge in [-0.3, -0.25) is 14.7 Å². The highest BCUT2D eigenvalue weighted by Gasteiger charge is 2.35. The Morgan fingerprint density at radius 2 is 1.89 bits per heavy atom. The number of hydrogen-bond donors (Lipinski definition) is 3. The van der Waals surface area contributed by atoms with Crippen molar-refractivity contribution >= 4 is 46.3 Å². The second-order valence-corrected chi connectivity index (χ2v) is 8.15. The normalized spacial score (nSPS) is 11.3. The standard InChI is InChI=1S/C22H21ClF3N5O.C2H5NO/c1-12(2)15(22(24,25)26)10-18(31(4)20-16(23)6-5-9-27-20)21(32)29-17-8-7-14-11-28-30-19(14)13(17)3;1-3-2-4/h5-11H,1-4H3,(H,28,30)(H,29,32);2H,1H3,(H,3,4)/b18-10-;. The SMILES string of the molecule is CC(C)=C(/C=C(/C(=O)Nc1ccc2cn[nH]c2c1C)N(C)c1ncccc1Cl)C(F)(F)F.CNC=O. The molecule has 0 aliphatic rings. The summed E-state index contributed by atoms with van der Waals surface area (Å²) in [6.07, 6.45) is -0.140. The monoisotopic (exact) mass is 522 g/mol. The Bertz CT molecular complexity index is 1300. The van der Waals surface area contributed by atoms with Crippen molar-refractivity contribution in [3.63, 3.8) is 0 Å². The number of carbonyl (C=O) groups excluding carboxylic acids is 2. The number of H-pyrrole nitrogens is 1. The summed E-state index contributed by atoms with van der Waals surface area (Å²) in [6.45, 7) is 4.44. The molecular weight excluding hydrogens is 497 g/mol. The van der Waals surface area contributed by atoms with E-state index in [-0.39, 0.29) is 22.1 Å². The molecule has 36 heavy (non-hydrogen) atoms. The zero-order chi connectivity index (χ0) is 27.0. The molecule has 0 saturated carbocycles. The summed E-state index contributed by atoms with van der Waals surface area (Å²) in [4.78, 5) is 27.7. The molecule has 1 aromatic carbocycles. The molecule has 0 radical (unpaired) electrons. The highest BCUT2D eigenvalue weighted by Crippen LogP contribution is 2.33. The first-order valence-electron chi connectivity index (χ1n) is 10.6. The van der Waals surface area contributed by atoms with Crippen molar-refractivity contribution in [3.05, 3.63) is 70.2 Å². The average molecular weight is 523 g/mol. The van der Waals surface area contributed by atoms with E-state index in [1.54, 1.807) is 38.4 Å². The molecule has 0 unspecified atom stereocenters. The molecule has 3 N–H and O–H groups in total. The maximum Gasteiger partial charge on any atom is 0.416 e. The number of allylic oxidation sites excluding steroid dienone is 3. The number of amides is 2. The second kappa shape index (κ2) is 12.2. The van der Waals surface area contributed by atoms with Gasteiger partial charge in [0.1, 0.15) is 5.70 Å². The highest BCUT2D eigenvalue weighted by atomic mass is 35.5. The van der Waals surface area contributed by atoms with Crippen LogP contribution in [0.2, 0.25) is 5.02 Å². The average Bonchev–Trinajstić information content (AvgIpc) is 3.30. The predicted molar refractivity (Wildman–Crippen MR) is 135 cm³/mol. The van der Waals surface area contributed by atoms with Crippen LogP contribution in [0.1, 0.15) is 19.4 Å². The number of aromatic nitrogens is 3. The van der Waals surface area contributed by atoms with Crippen molar-refractivity contribution in [2.24, 2.45) is 0 Å². The third-order valence-electron chi connectivity index (χ3n) is 5.02. The Hall–Kier alpha value is -3.86. The van der Waals surface area contributed by atoms with Crippen LogP contribution in [-0.4, -0.2) is 47.8 Å². The first-order chi connectivity index (χ1) is 16.9. The third-order valence-corrected chi connectivity index (χ3v) is 5.31. The molecule has 0 bridgehead atoms. The molecule has 0 aliphatic carbocycles. The van der Waals surface area contributed by atoms with Gasteiger partial charge in [-0.25, -0.2) is 4.98 Å². The van der Waals surface area contributed by atoms with Crippen molar-refractivity contribution in [3.8, 4) is 0 Å². The number of likely N-dealkylation sites (N-methyl/N-ethyl adjacent to an activating group) is 1. The molecule has 2 aromatic heterocycles. The van der Waals surface area contributed by atoms with Gasteiger partial charge < -0.3 is 15.5 Å². The van der Waals surface area contributed by atoms with E-state index in [2.05, 4.69) is 25.8 Å². The lowest BCUT2D eigenvalue weighted by atomic mass is 10.1. The van der Waals surface area contributed by atoms with Gasteiger partial charge in [-0.05, 0) is 56.7 Å². The second-order valence-electron chi connectivity index (χ2n) is 7.74. The van der Waals surface area contributed by atoms with Gasteiger partial charge in [0, 0.05) is 31.4 Å². The molecular formula is C24H26ClF3N6O2. The van der Waals surface area contributed by atoms with Gasteiger partial charge in [-0.15, -0.1) is 0 Å². The summed E-state index contributed by atoms with van der Waals surface area (Å²) in [7, 11) is 3.00. The topological polar surface area (TPSA) is 103 Å². The van der Waals surface area contributed by atoms with Crippen LogP contribution in [0.3, 0.4) is 0 Å². The summed E-state index contributed by atoms with van der Waals surface area (Å²) in [5.74, 6) is -0.606. The van der Waals surface area contributed by atoms with Crippen molar-refractivity contribution in [2.45, 2.75) is 26.9 Å². The van der Waals surface area contributed by atoms with Crippen molar-refractivity contribution in [1.82, 2.24) is 20.5 Å². The van der Waals surface area contributed by atoms with E-state index in [4.69, 9.17) is 16.4 Å². The number of halogens is 4. The van der Waals surface area contributed by atoms with Crippen molar-refractivity contribution in [2.75, 3.05) is 24.3 Å². The van der Waals surface area contributed by atoms with Gasteiger partial charge in [0.25, 0.3) is 5.91 Å². The van der Waals surface area contributed by atoms with Gasteiger partial charge in [0.15, 0.2) is 5.82 Å². The summed E-state index contributed by atoms with van der Waals surface area (Å²) < 4.78 is 41.0.